The van der Waals surface area contributed by atoms with Crippen molar-refractivity contribution in [1.82, 2.24) is 14.6 Å². The summed E-state index contributed by atoms with van der Waals surface area (Å²) in [5.74, 6) is -1.02. The number of hydrogen-bond donors (Lipinski definition) is 1. The predicted molar refractivity (Wildman–Crippen MR) is 75.1 cm³/mol. The van der Waals surface area contributed by atoms with E-state index in [4.69, 9.17) is 16.7 Å². The molecule has 100 valence electrons. The van der Waals surface area contributed by atoms with Crippen molar-refractivity contribution < 1.29 is 9.90 Å². The fourth-order valence-electron chi connectivity index (χ4n) is 2.06. The monoisotopic (exact) mass is 287 g/mol. The minimum Gasteiger partial charge on any atom is -0.478 e. The molecular weight excluding hydrogens is 278 g/mol. The second-order valence-electron chi connectivity index (χ2n) is 4.34. The first-order chi connectivity index (χ1) is 9.58. The van der Waals surface area contributed by atoms with E-state index < -0.39 is 5.97 Å². The van der Waals surface area contributed by atoms with Gasteiger partial charge in [-0.05, 0) is 13.0 Å². The molecule has 0 saturated heterocycles. The van der Waals surface area contributed by atoms with E-state index in [2.05, 4.69) is 10.1 Å². The van der Waals surface area contributed by atoms with Crippen LogP contribution in [0.2, 0.25) is 5.02 Å². The molecule has 5 nitrogen and oxygen atoms in total. The summed E-state index contributed by atoms with van der Waals surface area (Å²) in [6.07, 6.45) is 1.34. The lowest BCUT2D eigenvalue weighted by Gasteiger charge is -2.02. The minimum atomic E-state index is -1.02. The molecule has 2 aromatic heterocycles. The summed E-state index contributed by atoms with van der Waals surface area (Å²) in [4.78, 5) is 15.2. The number of benzene rings is 1. The molecule has 1 N–H and O–H groups in total. The molecule has 0 fully saturated rings. The Bertz CT molecular complexity index is 826. The Morgan fingerprint density at radius 1 is 1.35 bits per heavy atom. The molecule has 0 amide bonds. The maximum absolute atomic E-state index is 11.1. The number of fused-ring (bicyclic) bond motifs is 1. The predicted octanol–water partition coefficient (Wildman–Crippen LogP) is 3.06. The summed E-state index contributed by atoms with van der Waals surface area (Å²) in [6.45, 7) is 1.70. The third kappa shape index (κ3) is 1.92. The van der Waals surface area contributed by atoms with Gasteiger partial charge in [0.25, 0.3) is 0 Å². The van der Waals surface area contributed by atoms with Crippen LogP contribution < -0.4 is 0 Å². The highest BCUT2D eigenvalue weighted by Crippen LogP contribution is 2.27. The van der Waals surface area contributed by atoms with Crippen molar-refractivity contribution in [3.63, 3.8) is 0 Å². The van der Waals surface area contributed by atoms with E-state index in [0.29, 0.717) is 22.1 Å². The van der Waals surface area contributed by atoms with Crippen molar-refractivity contribution in [3.8, 4) is 11.3 Å². The molecule has 0 bridgehead atoms. The average Bonchev–Trinajstić information content (AvgIpc) is 2.84. The van der Waals surface area contributed by atoms with Gasteiger partial charge in [-0.15, -0.1) is 0 Å². The van der Waals surface area contributed by atoms with Crippen LogP contribution in [-0.2, 0) is 0 Å². The Balaban J connectivity index is 2.24. The molecule has 1 aromatic carbocycles. The van der Waals surface area contributed by atoms with E-state index in [1.165, 1.54) is 10.7 Å². The van der Waals surface area contributed by atoms with Gasteiger partial charge >= 0.3 is 5.97 Å². The third-order valence-corrected chi connectivity index (χ3v) is 3.43. The third-order valence-electron chi connectivity index (χ3n) is 3.10. The first-order valence-corrected chi connectivity index (χ1v) is 6.29. The molecule has 0 atom stereocenters. The highest BCUT2D eigenvalue weighted by Gasteiger charge is 2.14. The molecule has 0 spiro atoms. The van der Waals surface area contributed by atoms with E-state index >= 15 is 0 Å². The smallest absolute Gasteiger partial charge is 0.339 e. The maximum Gasteiger partial charge on any atom is 0.339 e. The number of hydrogen-bond acceptors (Lipinski definition) is 3. The quantitative estimate of drug-likeness (QED) is 0.786. The van der Waals surface area contributed by atoms with Crippen LogP contribution in [0.1, 0.15) is 16.1 Å². The Kier molecular flexibility index (Phi) is 2.91. The lowest BCUT2D eigenvalue weighted by Crippen LogP contribution is -2.06. The van der Waals surface area contributed by atoms with Crippen LogP contribution in [0.4, 0.5) is 0 Å². The van der Waals surface area contributed by atoms with E-state index in [-0.39, 0.29) is 5.56 Å². The van der Waals surface area contributed by atoms with E-state index in [9.17, 15) is 4.79 Å². The Labute approximate surface area is 119 Å². The standard InChI is InChI=1S/C14H10ClN3O2/c1-8-10(14(19)20)7-16-13-6-12(17-18(8)13)9-4-2-3-5-11(9)15/h2-7H,1H3,(H,19,20). The summed E-state index contributed by atoms with van der Waals surface area (Å²) in [6, 6.07) is 9.13. The lowest BCUT2D eigenvalue weighted by molar-refractivity contribution is 0.0695. The van der Waals surface area contributed by atoms with Crippen molar-refractivity contribution >= 4 is 23.2 Å². The average molecular weight is 288 g/mol. The number of carboxylic acid groups (broad SMARTS) is 1. The number of carbonyl (C=O) groups is 1. The topological polar surface area (TPSA) is 67.5 Å². The molecule has 2 heterocycles. The second-order valence-corrected chi connectivity index (χ2v) is 4.75. The minimum absolute atomic E-state index is 0.131. The number of halogens is 1. The van der Waals surface area contributed by atoms with Gasteiger partial charge in [-0.2, -0.15) is 5.10 Å². The molecule has 0 radical (unpaired) electrons. The molecule has 6 heteroatoms. The van der Waals surface area contributed by atoms with Crippen molar-refractivity contribution in [2.24, 2.45) is 0 Å². The normalized spacial score (nSPS) is 10.9. The van der Waals surface area contributed by atoms with Gasteiger partial charge in [-0.1, -0.05) is 29.8 Å². The zero-order chi connectivity index (χ0) is 14.3. The van der Waals surface area contributed by atoms with Gasteiger partial charge in [0, 0.05) is 17.8 Å². The Morgan fingerprint density at radius 2 is 2.10 bits per heavy atom. The van der Waals surface area contributed by atoms with E-state index in [0.717, 1.165) is 5.56 Å². The molecule has 0 unspecified atom stereocenters. The lowest BCUT2D eigenvalue weighted by atomic mass is 10.1. The summed E-state index contributed by atoms with van der Waals surface area (Å²) in [7, 11) is 0. The van der Waals surface area contributed by atoms with Crippen LogP contribution in [0.15, 0.2) is 36.5 Å². The van der Waals surface area contributed by atoms with Crippen LogP contribution >= 0.6 is 11.6 Å². The first kappa shape index (κ1) is 12.6. The fourth-order valence-corrected chi connectivity index (χ4v) is 2.29. The largest absolute Gasteiger partial charge is 0.478 e. The van der Waals surface area contributed by atoms with Crippen LogP contribution in [-0.4, -0.2) is 25.7 Å². The number of nitrogens with zero attached hydrogens (tertiary/aromatic N) is 3. The van der Waals surface area contributed by atoms with Crippen molar-refractivity contribution in [1.29, 1.82) is 0 Å². The van der Waals surface area contributed by atoms with Crippen LogP contribution in [0, 0.1) is 6.92 Å². The zero-order valence-electron chi connectivity index (χ0n) is 10.5. The first-order valence-electron chi connectivity index (χ1n) is 5.91. The molecule has 3 rings (SSSR count). The molecule has 0 aliphatic carbocycles. The van der Waals surface area contributed by atoms with Gasteiger partial charge in [-0.25, -0.2) is 14.3 Å². The molecule has 20 heavy (non-hydrogen) atoms. The number of aryl methyl sites for hydroxylation is 1. The van der Waals surface area contributed by atoms with Gasteiger partial charge in [0.05, 0.1) is 22.0 Å². The molecule has 0 aliphatic rings. The van der Waals surface area contributed by atoms with Crippen molar-refractivity contribution in [2.45, 2.75) is 6.92 Å². The Morgan fingerprint density at radius 3 is 2.80 bits per heavy atom. The summed E-state index contributed by atoms with van der Waals surface area (Å²) < 4.78 is 1.52. The summed E-state index contributed by atoms with van der Waals surface area (Å²) in [5.41, 5.74) is 2.69. The number of aromatic carboxylic acids is 1. The summed E-state index contributed by atoms with van der Waals surface area (Å²) in [5, 5.41) is 14.1. The highest BCUT2D eigenvalue weighted by molar-refractivity contribution is 6.33. The number of rotatable bonds is 2. The number of carboxylic acids is 1. The highest BCUT2D eigenvalue weighted by atomic mass is 35.5. The van der Waals surface area contributed by atoms with Gasteiger partial charge in [0.2, 0.25) is 0 Å². The Hall–Kier alpha value is -2.40. The van der Waals surface area contributed by atoms with Crippen molar-refractivity contribution in [3.05, 3.63) is 52.8 Å². The fraction of sp³-hybridized carbons (Fsp3) is 0.0714. The van der Waals surface area contributed by atoms with Crippen LogP contribution in [0.25, 0.3) is 16.9 Å². The van der Waals surface area contributed by atoms with E-state index in [1.807, 2.05) is 18.2 Å². The second kappa shape index (κ2) is 4.61. The van der Waals surface area contributed by atoms with Gasteiger partial charge in [0.1, 0.15) is 0 Å². The number of aromatic nitrogens is 3. The molecule has 3 aromatic rings. The van der Waals surface area contributed by atoms with Crippen molar-refractivity contribution in [2.75, 3.05) is 0 Å². The molecule has 0 saturated carbocycles. The van der Waals surface area contributed by atoms with Crippen LogP contribution in [0.3, 0.4) is 0 Å². The van der Waals surface area contributed by atoms with Gasteiger partial charge in [-0.3, -0.25) is 0 Å². The molecule has 0 aliphatic heterocycles. The van der Waals surface area contributed by atoms with Gasteiger partial charge < -0.3 is 5.11 Å². The van der Waals surface area contributed by atoms with Crippen LogP contribution in [0.5, 0.6) is 0 Å². The summed E-state index contributed by atoms with van der Waals surface area (Å²) >= 11 is 6.14. The van der Waals surface area contributed by atoms with E-state index in [1.54, 1.807) is 19.1 Å². The van der Waals surface area contributed by atoms with Gasteiger partial charge in [0.15, 0.2) is 5.65 Å². The maximum atomic E-state index is 11.1. The SMILES string of the molecule is Cc1c(C(=O)O)cnc2cc(-c3ccccc3Cl)nn12. The molecular formula is C14H10ClN3O2. The zero-order valence-corrected chi connectivity index (χ0v) is 11.3.